The highest BCUT2D eigenvalue weighted by Gasteiger charge is 2.24. The molecule has 2 rings (SSSR count). The Hall–Kier alpha value is -0.910. The molecule has 1 fully saturated rings. The van der Waals surface area contributed by atoms with Crippen LogP contribution in [0.5, 0.6) is 0 Å². The summed E-state index contributed by atoms with van der Waals surface area (Å²) in [5, 5.41) is 3.80. The van der Waals surface area contributed by atoms with Crippen LogP contribution in [-0.4, -0.2) is 45.7 Å². The van der Waals surface area contributed by atoms with Gasteiger partial charge in [0.1, 0.15) is 5.82 Å². The first-order valence-electron chi connectivity index (χ1n) is 8.82. The number of ether oxygens (including phenoxy) is 1. The number of morpholine rings is 1. The van der Waals surface area contributed by atoms with Crippen LogP contribution in [-0.2, 0) is 11.3 Å². The molecule has 0 spiro atoms. The van der Waals surface area contributed by atoms with E-state index in [-0.39, 0.29) is 17.7 Å². The van der Waals surface area contributed by atoms with Crippen LogP contribution in [0.1, 0.15) is 53.7 Å². The standard InChI is InChI=1S/C18H31ClN4O/c1-12(2)8-18(5,6)22-16-7-15(20-17(19)21-16)11-23-9-13(3)24-14(4)10-23/h7,12-14H,8-11H2,1-6H3,(H,20,21,22). The first-order chi connectivity index (χ1) is 11.1. The molecule has 1 aliphatic heterocycles. The minimum atomic E-state index is -0.0366. The van der Waals surface area contributed by atoms with Crippen molar-refractivity contribution in [3.8, 4) is 0 Å². The summed E-state index contributed by atoms with van der Waals surface area (Å²) >= 11 is 6.15. The third-order valence-corrected chi connectivity index (χ3v) is 4.19. The number of hydrogen-bond acceptors (Lipinski definition) is 5. The summed E-state index contributed by atoms with van der Waals surface area (Å²) in [5.74, 6) is 1.41. The lowest BCUT2D eigenvalue weighted by Gasteiger charge is -2.35. The van der Waals surface area contributed by atoms with E-state index in [1.54, 1.807) is 0 Å². The maximum atomic E-state index is 6.15. The number of aromatic nitrogens is 2. The maximum absolute atomic E-state index is 6.15. The van der Waals surface area contributed by atoms with Gasteiger partial charge < -0.3 is 10.1 Å². The van der Waals surface area contributed by atoms with E-state index in [1.165, 1.54) is 0 Å². The van der Waals surface area contributed by atoms with E-state index in [0.717, 1.165) is 37.6 Å². The number of rotatable bonds is 6. The Labute approximate surface area is 151 Å². The zero-order valence-corrected chi connectivity index (χ0v) is 16.5. The van der Waals surface area contributed by atoms with Crippen LogP contribution < -0.4 is 5.32 Å². The molecule has 1 aromatic heterocycles. The molecular formula is C18H31ClN4O. The predicted molar refractivity (Wildman–Crippen MR) is 99.5 cm³/mol. The van der Waals surface area contributed by atoms with Crippen molar-refractivity contribution in [2.45, 2.75) is 72.3 Å². The lowest BCUT2D eigenvalue weighted by Crippen LogP contribution is -2.45. The lowest BCUT2D eigenvalue weighted by molar-refractivity contribution is -0.0707. The molecule has 6 heteroatoms. The van der Waals surface area contributed by atoms with Crippen LogP contribution in [0.4, 0.5) is 5.82 Å². The molecule has 1 aromatic rings. The smallest absolute Gasteiger partial charge is 0.224 e. The predicted octanol–water partition coefficient (Wildman–Crippen LogP) is 3.98. The highest BCUT2D eigenvalue weighted by molar-refractivity contribution is 6.28. The second kappa shape index (κ2) is 7.98. The fraction of sp³-hybridized carbons (Fsp3) is 0.778. The van der Waals surface area contributed by atoms with Crippen molar-refractivity contribution in [3.63, 3.8) is 0 Å². The fourth-order valence-corrected chi connectivity index (χ4v) is 3.87. The van der Waals surface area contributed by atoms with E-state index in [0.29, 0.717) is 11.2 Å². The van der Waals surface area contributed by atoms with Gasteiger partial charge in [-0.05, 0) is 51.6 Å². The fourth-order valence-electron chi connectivity index (χ4n) is 3.67. The monoisotopic (exact) mass is 354 g/mol. The molecule has 136 valence electrons. The van der Waals surface area contributed by atoms with Crippen LogP contribution >= 0.6 is 11.6 Å². The van der Waals surface area contributed by atoms with Gasteiger partial charge in [-0.25, -0.2) is 9.97 Å². The second-order valence-corrected chi connectivity index (χ2v) is 8.41. The number of halogens is 1. The first kappa shape index (κ1) is 19.4. The summed E-state index contributed by atoms with van der Waals surface area (Å²) in [4.78, 5) is 11.1. The highest BCUT2D eigenvalue weighted by Crippen LogP contribution is 2.23. The van der Waals surface area contributed by atoms with Gasteiger partial charge in [0.2, 0.25) is 5.28 Å². The molecule has 1 aliphatic rings. The largest absolute Gasteiger partial charge is 0.373 e. The molecule has 2 heterocycles. The second-order valence-electron chi connectivity index (χ2n) is 8.07. The van der Waals surface area contributed by atoms with Crippen molar-refractivity contribution in [3.05, 3.63) is 17.0 Å². The van der Waals surface area contributed by atoms with Crippen molar-refractivity contribution in [1.82, 2.24) is 14.9 Å². The summed E-state index contributed by atoms with van der Waals surface area (Å²) < 4.78 is 5.79. The summed E-state index contributed by atoms with van der Waals surface area (Å²) in [6, 6.07) is 2.01. The van der Waals surface area contributed by atoms with Crippen LogP contribution in [0.15, 0.2) is 6.07 Å². The van der Waals surface area contributed by atoms with Crippen LogP contribution in [0.25, 0.3) is 0 Å². The van der Waals surface area contributed by atoms with Gasteiger partial charge in [-0.2, -0.15) is 0 Å². The average Bonchev–Trinajstić information content (AvgIpc) is 2.33. The van der Waals surface area contributed by atoms with Gasteiger partial charge in [0.25, 0.3) is 0 Å². The molecule has 0 aliphatic carbocycles. The van der Waals surface area contributed by atoms with Crippen molar-refractivity contribution in [1.29, 1.82) is 0 Å². The van der Waals surface area contributed by atoms with Gasteiger partial charge in [0.05, 0.1) is 17.9 Å². The van der Waals surface area contributed by atoms with Gasteiger partial charge >= 0.3 is 0 Å². The molecule has 0 aromatic carbocycles. The Bertz CT molecular complexity index is 540. The van der Waals surface area contributed by atoms with Crippen molar-refractivity contribution in [2.24, 2.45) is 5.92 Å². The van der Waals surface area contributed by atoms with Crippen LogP contribution in [0.3, 0.4) is 0 Å². The molecule has 2 atom stereocenters. The number of hydrogen-bond donors (Lipinski definition) is 1. The van der Waals surface area contributed by atoms with E-state index in [9.17, 15) is 0 Å². The van der Waals surface area contributed by atoms with Gasteiger partial charge in [-0.1, -0.05) is 13.8 Å². The van der Waals surface area contributed by atoms with Gasteiger partial charge in [0.15, 0.2) is 0 Å². The lowest BCUT2D eigenvalue weighted by atomic mass is 9.93. The summed E-state index contributed by atoms with van der Waals surface area (Å²) in [6.07, 6.45) is 1.55. The van der Waals surface area contributed by atoms with E-state index >= 15 is 0 Å². The number of anilines is 1. The SMILES string of the molecule is CC(C)CC(C)(C)Nc1cc(CN2CC(C)OC(C)C2)nc(Cl)n1. The quantitative estimate of drug-likeness (QED) is 0.783. The van der Waals surface area contributed by atoms with Crippen molar-refractivity contribution >= 4 is 17.4 Å². The molecule has 0 saturated carbocycles. The zero-order chi connectivity index (χ0) is 17.9. The Balaban J connectivity index is 2.08. The molecule has 0 radical (unpaired) electrons. The van der Waals surface area contributed by atoms with Crippen LogP contribution in [0, 0.1) is 5.92 Å². The van der Waals surface area contributed by atoms with E-state index in [4.69, 9.17) is 16.3 Å². The molecule has 2 unspecified atom stereocenters. The van der Waals surface area contributed by atoms with Gasteiger partial charge in [0, 0.05) is 31.2 Å². The van der Waals surface area contributed by atoms with Crippen molar-refractivity contribution in [2.75, 3.05) is 18.4 Å². The third kappa shape index (κ3) is 6.19. The normalized spacial score (nSPS) is 22.8. The van der Waals surface area contributed by atoms with E-state index in [2.05, 4.69) is 61.7 Å². The van der Waals surface area contributed by atoms with Crippen molar-refractivity contribution < 1.29 is 4.74 Å². The number of nitrogens with zero attached hydrogens (tertiary/aromatic N) is 3. The Kier molecular flexibility index (Phi) is 6.46. The Morgan fingerprint density at radius 1 is 1.29 bits per heavy atom. The van der Waals surface area contributed by atoms with E-state index < -0.39 is 0 Å². The average molecular weight is 355 g/mol. The summed E-state index contributed by atoms with van der Waals surface area (Å²) in [5.41, 5.74) is 0.907. The van der Waals surface area contributed by atoms with Crippen LogP contribution in [0.2, 0.25) is 5.28 Å². The molecule has 1 saturated heterocycles. The minimum Gasteiger partial charge on any atom is -0.373 e. The molecule has 5 nitrogen and oxygen atoms in total. The zero-order valence-electron chi connectivity index (χ0n) is 15.8. The van der Waals surface area contributed by atoms with E-state index in [1.807, 2.05) is 6.07 Å². The molecule has 1 N–H and O–H groups in total. The topological polar surface area (TPSA) is 50.3 Å². The minimum absolute atomic E-state index is 0.0366. The molecule has 24 heavy (non-hydrogen) atoms. The maximum Gasteiger partial charge on any atom is 0.224 e. The Morgan fingerprint density at radius 2 is 1.92 bits per heavy atom. The summed E-state index contributed by atoms with van der Waals surface area (Å²) in [6.45, 7) is 15.6. The molecule has 0 amide bonds. The third-order valence-electron chi connectivity index (χ3n) is 4.02. The highest BCUT2D eigenvalue weighted by atomic mass is 35.5. The summed E-state index contributed by atoms with van der Waals surface area (Å²) in [7, 11) is 0. The molecular weight excluding hydrogens is 324 g/mol. The molecule has 0 bridgehead atoms. The Morgan fingerprint density at radius 3 is 2.50 bits per heavy atom. The number of nitrogens with one attached hydrogen (secondary N) is 1. The first-order valence-corrected chi connectivity index (χ1v) is 9.20. The van der Waals surface area contributed by atoms with Gasteiger partial charge in [-0.15, -0.1) is 0 Å². The van der Waals surface area contributed by atoms with Gasteiger partial charge in [-0.3, -0.25) is 4.90 Å².